The summed E-state index contributed by atoms with van der Waals surface area (Å²) in [6.45, 7) is 8.81. The lowest BCUT2D eigenvalue weighted by Crippen LogP contribution is -2.26. The van der Waals surface area contributed by atoms with Gasteiger partial charge >= 0.3 is 0 Å². The summed E-state index contributed by atoms with van der Waals surface area (Å²) in [5, 5.41) is 9.95. The maximum atomic E-state index is 9.95. The number of fused-ring (bicyclic) bond motifs is 1. The average molecular weight is 207 g/mol. The van der Waals surface area contributed by atoms with Gasteiger partial charge < -0.3 is 9.67 Å². The smallest absolute Gasteiger partial charge is 0.0807 e. The summed E-state index contributed by atoms with van der Waals surface area (Å²) in [4.78, 5) is 0. The quantitative estimate of drug-likeness (QED) is 0.695. The van der Waals surface area contributed by atoms with Crippen LogP contribution in [0.3, 0.4) is 0 Å². The van der Waals surface area contributed by atoms with Gasteiger partial charge in [0.1, 0.15) is 0 Å². The van der Waals surface area contributed by atoms with Crippen molar-refractivity contribution in [2.24, 2.45) is 0 Å². The largest absolute Gasteiger partial charge is 0.388 e. The van der Waals surface area contributed by atoms with Crippen LogP contribution in [0.4, 0.5) is 0 Å². The first-order valence-electron chi connectivity index (χ1n) is 5.81. The molecule has 0 radical (unpaired) electrons. The molecule has 0 amide bonds. The first-order valence-corrected chi connectivity index (χ1v) is 5.81. The van der Waals surface area contributed by atoms with Crippen molar-refractivity contribution in [3.05, 3.63) is 23.0 Å². The molecule has 0 aliphatic heterocycles. The Hall–Kier alpha value is -0.760. The van der Waals surface area contributed by atoms with E-state index in [1.165, 1.54) is 11.4 Å². The lowest BCUT2D eigenvalue weighted by atomic mass is 9.94. The first kappa shape index (κ1) is 10.7. The molecule has 2 heteroatoms. The lowest BCUT2D eigenvalue weighted by Gasteiger charge is -2.29. The fraction of sp³-hybridized carbons (Fsp3) is 0.692. The molecule has 1 N–H and O–H groups in total. The molecule has 1 atom stereocenters. The standard InChI is InChI=1S/C13H21NO/c1-9-8-10-11(6-5-7-12(10)15)14(9)13(2,3)4/h8,12,15H,5-7H2,1-4H3. The molecular weight excluding hydrogens is 186 g/mol. The topological polar surface area (TPSA) is 25.2 Å². The van der Waals surface area contributed by atoms with Crippen molar-refractivity contribution >= 4 is 0 Å². The number of rotatable bonds is 0. The minimum atomic E-state index is -0.240. The lowest BCUT2D eigenvalue weighted by molar-refractivity contribution is 0.154. The number of aromatic nitrogens is 1. The van der Waals surface area contributed by atoms with Crippen molar-refractivity contribution in [2.45, 2.75) is 58.6 Å². The highest BCUT2D eigenvalue weighted by Gasteiger charge is 2.27. The Bertz CT molecular complexity index is 371. The van der Waals surface area contributed by atoms with Crippen LogP contribution in [0.25, 0.3) is 0 Å². The molecular formula is C13H21NO. The Morgan fingerprint density at radius 1 is 1.40 bits per heavy atom. The Kier molecular flexibility index (Phi) is 2.42. The summed E-state index contributed by atoms with van der Waals surface area (Å²) >= 11 is 0. The van der Waals surface area contributed by atoms with Crippen LogP contribution in [0.1, 0.15) is 56.7 Å². The highest BCUT2D eigenvalue weighted by Crippen LogP contribution is 2.35. The van der Waals surface area contributed by atoms with Crippen molar-refractivity contribution in [2.75, 3.05) is 0 Å². The summed E-state index contributed by atoms with van der Waals surface area (Å²) in [5.41, 5.74) is 3.90. The molecule has 1 unspecified atom stereocenters. The minimum absolute atomic E-state index is 0.120. The third-order valence-corrected chi connectivity index (χ3v) is 3.24. The molecule has 0 saturated carbocycles. The summed E-state index contributed by atoms with van der Waals surface area (Å²) in [6.07, 6.45) is 2.89. The molecule has 1 aliphatic rings. The molecule has 1 aliphatic carbocycles. The molecule has 0 saturated heterocycles. The van der Waals surface area contributed by atoms with Gasteiger partial charge in [-0.3, -0.25) is 0 Å². The van der Waals surface area contributed by atoms with Crippen LogP contribution < -0.4 is 0 Å². The third-order valence-electron chi connectivity index (χ3n) is 3.24. The number of nitrogens with zero attached hydrogens (tertiary/aromatic N) is 1. The zero-order valence-electron chi connectivity index (χ0n) is 10.2. The zero-order chi connectivity index (χ0) is 11.2. The van der Waals surface area contributed by atoms with Crippen LogP contribution in [0.15, 0.2) is 6.07 Å². The molecule has 1 aromatic rings. The fourth-order valence-electron chi connectivity index (χ4n) is 2.81. The van der Waals surface area contributed by atoms with E-state index < -0.39 is 0 Å². The van der Waals surface area contributed by atoms with Crippen molar-refractivity contribution < 1.29 is 5.11 Å². The second-order valence-electron chi connectivity index (χ2n) is 5.60. The van der Waals surface area contributed by atoms with Gasteiger partial charge in [0.05, 0.1) is 6.10 Å². The summed E-state index contributed by atoms with van der Waals surface area (Å²) in [7, 11) is 0. The molecule has 0 aromatic carbocycles. The van der Waals surface area contributed by atoms with Crippen LogP contribution in [0.5, 0.6) is 0 Å². The normalized spacial score (nSPS) is 21.5. The summed E-state index contributed by atoms with van der Waals surface area (Å²) < 4.78 is 2.38. The molecule has 84 valence electrons. The number of aryl methyl sites for hydroxylation is 1. The maximum absolute atomic E-state index is 9.95. The number of hydrogen-bond acceptors (Lipinski definition) is 1. The van der Waals surface area contributed by atoms with Gasteiger partial charge in [0.25, 0.3) is 0 Å². The van der Waals surface area contributed by atoms with Crippen molar-refractivity contribution in [3.63, 3.8) is 0 Å². The summed E-state index contributed by atoms with van der Waals surface area (Å²) in [6, 6.07) is 2.16. The van der Waals surface area contributed by atoms with E-state index >= 15 is 0 Å². The van der Waals surface area contributed by atoms with E-state index in [0.29, 0.717) is 0 Å². The maximum Gasteiger partial charge on any atom is 0.0807 e. The number of hydrogen-bond donors (Lipinski definition) is 1. The molecule has 0 bridgehead atoms. The average Bonchev–Trinajstić information content (AvgIpc) is 2.41. The molecule has 1 aromatic heterocycles. The third kappa shape index (κ3) is 1.71. The Labute approximate surface area is 91.9 Å². The van der Waals surface area contributed by atoms with E-state index in [4.69, 9.17) is 0 Å². The Morgan fingerprint density at radius 2 is 2.07 bits per heavy atom. The van der Waals surface area contributed by atoms with Crippen LogP contribution >= 0.6 is 0 Å². The number of aliphatic hydroxyl groups is 1. The molecule has 1 heterocycles. The van der Waals surface area contributed by atoms with Gasteiger partial charge in [0, 0.05) is 22.5 Å². The van der Waals surface area contributed by atoms with Crippen LogP contribution in [-0.4, -0.2) is 9.67 Å². The van der Waals surface area contributed by atoms with Gasteiger partial charge in [-0.15, -0.1) is 0 Å². The van der Waals surface area contributed by atoms with Gasteiger partial charge in [-0.25, -0.2) is 0 Å². The van der Waals surface area contributed by atoms with E-state index in [1.807, 2.05) is 0 Å². The van der Waals surface area contributed by atoms with Crippen LogP contribution in [0, 0.1) is 6.92 Å². The Morgan fingerprint density at radius 3 is 2.67 bits per heavy atom. The van der Waals surface area contributed by atoms with Crippen molar-refractivity contribution in [1.29, 1.82) is 0 Å². The SMILES string of the molecule is Cc1cc2c(n1C(C)(C)C)CCCC2O. The highest BCUT2D eigenvalue weighted by molar-refractivity contribution is 5.33. The van der Waals surface area contributed by atoms with E-state index in [-0.39, 0.29) is 11.6 Å². The van der Waals surface area contributed by atoms with E-state index in [1.54, 1.807) is 0 Å². The van der Waals surface area contributed by atoms with Gasteiger partial charge in [-0.1, -0.05) is 0 Å². The predicted octanol–water partition coefficient (Wildman–Crippen LogP) is 2.92. The van der Waals surface area contributed by atoms with Crippen molar-refractivity contribution in [1.82, 2.24) is 4.57 Å². The molecule has 0 fully saturated rings. The first-order chi connectivity index (χ1) is 6.91. The second-order valence-corrected chi connectivity index (χ2v) is 5.60. The fourth-order valence-corrected chi connectivity index (χ4v) is 2.81. The zero-order valence-corrected chi connectivity index (χ0v) is 10.2. The molecule has 0 spiro atoms. The van der Waals surface area contributed by atoms with Gasteiger partial charge in [-0.05, 0) is 53.0 Å². The highest BCUT2D eigenvalue weighted by atomic mass is 16.3. The molecule has 2 rings (SSSR count). The monoisotopic (exact) mass is 207 g/mol. The predicted molar refractivity (Wildman–Crippen MR) is 62.1 cm³/mol. The van der Waals surface area contributed by atoms with Crippen LogP contribution in [0.2, 0.25) is 0 Å². The summed E-state index contributed by atoms with van der Waals surface area (Å²) in [5.74, 6) is 0. The molecule has 2 nitrogen and oxygen atoms in total. The number of aliphatic hydroxyl groups excluding tert-OH is 1. The van der Waals surface area contributed by atoms with E-state index in [2.05, 4.69) is 38.3 Å². The van der Waals surface area contributed by atoms with E-state index in [9.17, 15) is 5.11 Å². The van der Waals surface area contributed by atoms with Gasteiger partial charge in [0.15, 0.2) is 0 Å². The minimum Gasteiger partial charge on any atom is -0.388 e. The molecule has 15 heavy (non-hydrogen) atoms. The van der Waals surface area contributed by atoms with Crippen LogP contribution in [-0.2, 0) is 12.0 Å². The van der Waals surface area contributed by atoms with Crippen molar-refractivity contribution in [3.8, 4) is 0 Å². The Balaban J connectivity index is 2.57. The van der Waals surface area contributed by atoms with Gasteiger partial charge in [-0.2, -0.15) is 0 Å². The second kappa shape index (κ2) is 3.38. The van der Waals surface area contributed by atoms with E-state index in [0.717, 1.165) is 24.8 Å². The van der Waals surface area contributed by atoms with Gasteiger partial charge in [0.2, 0.25) is 0 Å².